The maximum atomic E-state index is 5.23. The van der Waals surface area contributed by atoms with E-state index in [2.05, 4.69) is 24.5 Å². The number of fused-ring (bicyclic) bond motifs is 2. The molecule has 0 radical (unpaired) electrons. The molecule has 0 amide bonds. The van der Waals surface area contributed by atoms with Crippen LogP contribution < -0.4 is 5.32 Å². The third-order valence-electron chi connectivity index (χ3n) is 5.09. The van der Waals surface area contributed by atoms with Crippen molar-refractivity contribution >= 4 is 11.3 Å². The fourth-order valence-electron chi connectivity index (χ4n) is 4.02. The summed E-state index contributed by atoms with van der Waals surface area (Å²) in [7, 11) is 1.77. The lowest BCUT2D eigenvalue weighted by Gasteiger charge is -2.37. The number of nitrogens with zero attached hydrogens (tertiary/aromatic N) is 1. The van der Waals surface area contributed by atoms with Crippen molar-refractivity contribution in [3.63, 3.8) is 0 Å². The Morgan fingerprint density at radius 2 is 2.35 bits per heavy atom. The summed E-state index contributed by atoms with van der Waals surface area (Å²) in [4.78, 5) is 4.98. The van der Waals surface area contributed by atoms with Crippen LogP contribution in [0.25, 0.3) is 0 Å². The minimum absolute atomic E-state index is 0.138. The Kier molecular flexibility index (Phi) is 4.16. The first-order valence-electron chi connectivity index (χ1n) is 7.85. The molecule has 2 aliphatic carbocycles. The van der Waals surface area contributed by atoms with Gasteiger partial charge in [0.1, 0.15) is 5.01 Å². The van der Waals surface area contributed by atoms with Crippen LogP contribution in [0, 0.1) is 11.8 Å². The van der Waals surface area contributed by atoms with E-state index >= 15 is 0 Å². The zero-order valence-corrected chi connectivity index (χ0v) is 13.6. The van der Waals surface area contributed by atoms with Gasteiger partial charge in [-0.05, 0) is 37.0 Å². The SMILES string of the molecule is COCCNC1(c2nc(C(C)C)cs2)CC2CCC1C2. The first-order chi connectivity index (χ1) is 9.65. The lowest BCUT2D eigenvalue weighted by molar-refractivity contribution is 0.157. The maximum Gasteiger partial charge on any atom is 0.113 e. The molecule has 4 heteroatoms. The number of rotatable bonds is 6. The second-order valence-electron chi connectivity index (χ2n) is 6.70. The predicted octanol–water partition coefficient (Wildman–Crippen LogP) is 3.52. The maximum absolute atomic E-state index is 5.23. The molecule has 0 aliphatic heterocycles. The number of hydrogen-bond donors (Lipinski definition) is 1. The van der Waals surface area contributed by atoms with E-state index in [-0.39, 0.29) is 5.54 Å². The van der Waals surface area contributed by atoms with Crippen molar-refractivity contribution in [3.8, 4) is 0 Å². The van der Waals surface area contributed by atoms with Gasteiger partial charge in [-0.3, -0.25) is 0 Å². The van der Waals surface area contributed by atoms with Crippen molar-refractivity contribution < 1.29 is 4.74 Å². The predicted molar refractivity (Wildman–Crippen MR) is 83.2 cm³/mol. The summed E-state index contributed by atoms with van der Waals surface area (Å²) in [5.41, 5.74) is 1.39. The molecule has 3 rings (SSSR count). The van der Waals surface area contributed by atoms with E-state index in [4.69, 9.17) is 9.72 Å². The van der Waals surface area contributed by atoms with Crippen molar-refractivity contribution in [1.82, 2.24) is 10.3 Å². The van der Waals surface area contributed by atoms with E-state index in [0.29, 0.717) is 5.92 Å². The molecule has 112 valence electrons. The average Bonchev–Trinajstić information content (AvgIpc) is 3.14. The first-order valence-corrected chi connectivity index (χ1v) is 8.73. The highest BCUT2D eigenvalue weighted by atomic mass is 32.1. The fraction of sp³-hybridized carbons (Fsp3) is 0.812. The Hall–Kier alpha value is -0.450. The van der Waals surface area contributed by atoms with Crippen LogP contribution >= 0.6 is 11.3 Å². The fourth-order valence-corrected chi connectivity index (χ4v) is 5.26. The second-order valence-corrected chi connectivity index (χ2v) is 7.56. The molecular formula is C16H26N2OS. The molecule has 2 aliphatic rings. The summed E-state index contributed by atoms with van der Waals surface area (Å²) >= 11 is 1.86. The highest BCUT2D eigenvalue weighted by Crippen LogP contribution is 2.56. The van der Waals surface area contributed by atoms with Crippen LogP contribution in [0.1, 0.15) is 56.2 Å². The Labute approximate surface area is 126 Å². The Balaban J connectivity index is 1.85. The van der Waals surface area contributed by atoms with E-state index in [1.165, 1.54) is 36.4 Å². The van der Waals surface area contributed by atoms with Gasteiger partial charge in [-0.15, -0.1) is 11.3 Å². The molecule has 0 saturated heterocycles. The molecule has 1 heterocycles. The van der Waals surface area contributed by atoms with Crippen LogP contribution in [0.5, 0.6) is 0 Å². The van der Waals surface area contributed by atoms with Crippen LogP contribution in [0.2, 0.25) is 0 Å². The molecule has 1 N–H and O–H groups in total. The lowest BCUT2D eigenvalue weighted by Crippen LogP contribution is -2.48. The minimum atomic E-state index is 0.138. The largest absolute Gasteiger partial charge is 0.383 e. The van der Waals surface area contributed by atoms with Gasteiger partial charge in [0, 0.05) is 19.0 Å². The third-order valence-corrected chi connectivity index (χ3v) is 6.13. The van der Waals surface area contributed by atoms with E-state index in [1.54, 1.807) is 7.11 Å². The lowest BCUT2D eigenvalue weighted by atomic mass is 9.81. The standard InChI is InChI=1S/C16H26N2OS/c1-11(2)14-10-20-15(18-14)16(17-6-7-19-3)9-12-4-5-13(16)8-12/h10-13,17H,4-9H2,1-3H3. The van der Waals surface area contributed by atoms with Gasteiger partial charge in [0.05, 0.1) is 17.8 Å². The van der Waals surface area contributed by atoms with E-state index in [0.717, 1.165) is 25.0 Å². The van der Waals surface area contributed by atoms with Crippen molar-refractivity contribution in [3.05, 3.63) is 16.1 Å². The Morgan fingerprint density at radius 1 is 1.50 bits per heavy atom. The molecule has 2 fully saturated rings. The van der Waals surface area contributed by atoms with Crippen molar-refractivity contribution in [2.75, 3.05) is 20.3 Å². The molecule has 3 atom stereocenters. The number of nitrogens with one attached hydrogen (secondary N) is 1. The number of methoxy groups -OCH3 is 1. The zero-order valence-electron chi connectivity index (χ0n) is 12.8. The van der Waals surface area contributed by atoms with Crippen LogP contribution in [0.3, 0.4) is 0 Å². The number of ether oxygens (including phenoxy) is 1. The molecule has 3 nitrogen and oxygen atoms in total. The van der Waals surface area contributed by atoms with Gasteiger partial charge in [0.25, 0.3) is 0 Å². The van der Waals surface area contributed by atoms with Gasteiger partial charge in [0.2, 0.25) is 0 Å². The molecule has 1 aromatic rings. The van der Waals surface area contributed by atoms with E-state index in [1.807, 2.05) is 11.3 Å². The topological polar surface area (TPSA) is 34.1 Å². The van der Waals surface area contributed by atoms with Gasteiger partial charge in [-0.1, -0.05) is 20.3 Å². The molecule has 20 heavy (non-hydrogen) atoms. The molecule has 1 aromatic heterocycles. The normalized spacial score (nSPS) is 32.4. The summed E-state index contributed by atoms with van der Waals surface area (Å²) in [6, 6.07) is 0. The highest BCUT2D eigenvalue weighted by Gasteiger charge is 2.53. The molecule has 3 unspecified atom stereocenters. The van der Waals surface area contributed by atoms with Gasteiger partial charge >= 0.3 is 0 Å². The smallest absolute Gasteiger partial charge is 0.113 e. The third kappa shape index (κ3) is 2.42. The highest BCUT2D eigenvalue weighted by molar-refractivity contribution is 7.09. The van der Waals surface area contributed by atoms with Crippen LogP contribution in [0.4, 0.5) is 0 Å². The summed E-state index contributed by atoms with van der Waals surface area (Å²) in [5, 5.41) is 7.40. The molecule has 2 saturated carbocycles. The molecular weight excluding hydrogens is 268 g/mol. The summed E-state index contributed by atoms with van der Waals surface area (Å²) in [5.74, 6) is 2.20. The monoisotopic (exact) mass is 294 g/mol. The van der Waals surface area contributed by atoms with Gasteiger partial charge in [-0.2, -0.15) is 0 Å². The summed E-state index contributed by atoms with van der Waals surface area (Å²) in [6.45, 7) is 6.16. The molecule has 0 spiro atoms. The first kappa shape index (κ1) is 14.5. The van der Waals surface area contributed by atoms with Gasteiger partial charge in [-0.25, -0.2) is 4.98 Å². The van der Waals surface area contributed by atoms with Crippen LogP contribution in [-0.2, 0) is 10.3 Å². The number of hydrogen-bond acceptors (Lipinski definition) is 4. The zero-order chi connectivity index (χ0) is 14.2. The van der Waals surface area contributed by atoms with Crippen molar-refractivity contribution in [2.24, 2.45) is 11.8 Å². The van der Waals surface area contributed by atoms with Gasteiger partial charge in [0.15, 0.2) is 0 Å². The second kappa shape index (κ2) is 5.74. The van der Waals surface area contributed by atoms with E-state index in [9.17, 15) is 0 Å². The van der Waals surface area contributed by atoms with Crippen molar-refractivity contribution in [2.45, 2.75) is 51.0 Å². The summed E-state index contributed by atoms with van der Waals surface area (Å²) < 4.78 is 5.23. The minimum Gasteiger partial charge on any atom is -0.383 e. The molecule has 0 aromatic carbocycles. The number of thiazole rings is 1. The Morgan fingerprint density at radius 3 is 2.90 bits per heavy atom. The van der Waals surface area contributed by atoms with Crippen LogP contribution in [0.15, 0.2) is 5.38 Å². The average molecular weight is 294 g/mol. The van der Waals surface area contributed by atoms with E-state index < -0.39 is 0 Å². The number of aromatic nitrogens is 1. The Bertz CT molecular complexity index is 459. The van der Waals surface area contributed by atoms with Crippen LogP contribution in [-0.4, -0.2) is 25.2 Å². The quantitative estimate of drug-likeness (QED) is 0.815. The summed E-state index contributed by atoms with van der Waals surface area (Å²) in [6.07, 6.45) is 5.44. The van der Waals surface area contributed by atoms with Crippen molar-refractivity contribution in [1.29, 1.82) is 0 Å². The van der Waals surface area contributed by atoms with Gasteiger partial charge < -0.3 is 10.1 Å². The molecule has 2 bridgehead atoms.